The molecule has 2 aromatic heterocycles. The van der Waals surface area contributed by atoms with E-state index < -0.39 is 11.7 Å². The van der Waals surface area contributed by atoms with Crippen LogP contribution in [0.25, 0.3) is 21.8 Å². The number of amides is 3. The molecule has 0 atom stereocenters. The van der Waals surface area contributed by atoms with Gasteiger partial charge in [0.15, 0.2) is 0 Å². The van der Waals surface area contributed by atoms with Gasteiger partial charge in [0.25, 0.3) is 11.8 Å². The van der Waals surface area contributed by atoms with Crippen molar-refractivity contribution >= 4 is 51.2 Å². The number of rotatable bonds is 14. The van der Waals surface area contributed by atoms with Gasteiger partial charge in [0.2, 0.25) is 5.91 Å². The molecule has 70 heavy (non-hydrogen) atoms. The van der Waals surface area contributed by atoms with Gasteiger partial charge in [-0.25, -0.2) is 9.97 Å². The van der Waals surface area contributed by atoms with Crippen LogP contribution in [0.4, 0.5) is 19.0 Å². The Balaban J connectivity index is 0.568. The molecule has 3 amide bonds. The van der Waals surface area contributed by atoms with Crippen molar-refractivity contribution in [2.45, 2.75) is 68.7 Å². The maximum atomic E-state index is 13.6. The number of piperidine rings is 3. The van der Waals surface area contributed by atoms with E-state index >= 15 is 0 Å². The zero-order chi connectivity index (χ0) is 48.2. The van der Waals surface area contributed by atoms with Crippen molar-refractivity contribution in [1.82, 2.24) is 45.2 Å². The number of piperazine rings is 1. The smallest absolute Gasteiger partial charge is 0.376 e. The van der Waals surface area contributed by atoms with E-state index in [0.29, 0.717) is 56.6 Å². The number of halogens is 3. The summed E-state index contributed by atoms with van der Waals surface area (Å²) in [6, 6.07) is 18.1. The van der Waals surface area contributed by atoms with Gasteiger partial charge >= 0.3 is 6.18 Å². The standard InChI is InChI=1S/C52H62F3N11O4/c53-52(54,55)44-7-2-4-40-41(44)5-1-6-42(40)49(69)66-25-13-37(14-26-66)36-8-10-38(11-9-36)48(68)57-21-33-70-39-15-23-63(24-16-39)34-45(67)64-31-29-62(30-32-64)22-3-19-58-50-51(61-50)17-27-65(28-18-51)47-43-12-20-56-46(43)59-35-60-47/h1-2,4-12,20,35,37,39H,3,13-19,21-34H2,(H,57,68)(H,58,61)(H,56,59,60). The highest BCUT2D eigenvalue weighted by molar-refractivity contribution is 6.08. The second kappa shape index (κ2) is 20.7. The van der Waals surface area contributed by atoms with Crippen LogP contribution >= 0.6 is 0 Å². The molecule has 0 bridgehead atoms. The monoisotopic (exact) mass is 961 g/mol. The fourth-order valence-electron chi connectivity index (χ4n) is 10.9. The van der Waals surface area contributed by atoms with Crippen LogP contribution in [0.1, 0.15) is 82.7 Å². The Bertz CT molecular complexity index is 2680. The maximum absolute atomic E-state index is 13.6. The summed E-state index contributed by atoms with van der Waals surface area (Å²) in [5.74, 6) is 2.11. The number of H-pyrrole nitrogens is 1. The molecule has 5 aliphatic rings. The van der Waals surface area contributed by atoms with Gasteiger partial charge in [0.1, 0.15) is 23.6 Å². The van der Waals surface area contributed by atoms with Gasteiger partial charge in [0.05, 0.1) is 35.7 Å². The van der Waals surface area contributed by atoms with Gasteiger partial charge in [-0.15, -0.1) is 0 Å². The summed E-state index contributed by atoms with van der Waals surface area (Å²) < 4.78 is 47.1. The van der Waals surface area contributed by atoms with Gasteiger partial charge in [-0.1, -0.05) is 36.4 Å². The Morgan fingerprint density at radius 1 is 0.786 bits per heavy atom. The van der Waals surface area contributed by atoms with Gasteiger partial charge in [0, 0.05) is 102 Å². The topological polar surface area (TPSA) is 165 Å². The third kappa shape index (κ3) is 10.6. The number of fused-ring (bicyclic) bond motifs is 2. The SMILES string of the molecule is O=C(NCCOC1CCN(CC(=O)N2CCN(CCCN=C3NC34CCN(c3ncnc5[nH]ccc35)CC4)CC2)CC1)c1ccc(C2CCN(C(=O)c3cccc4c(C(F)(F)F)cccc34)CC2)cc1. The minimum Gasteiger partial charge on any atom is -0.376 e. The third-order valence-corrected chi connectivity index (χ3v) is 15.1. The maximum Gasteiger partial charge on any atom is 0.417 e. The highest BCUT2D eigenvalue weighted by Gasteiger charge is 2.52. The molecule has 7 heterocycles. The zero-order valence-electron chi connectivity index (χ0n) is 39.6. The summed E-state index contributed by atoms with van der Waals surface area (Å²) in [6.07, 6.45) is 5.27. The van der Waals surface area contributed by atoms with Crippen LogP contribution in [-0.2, 0) is 15.7 Å². The van der Waals surface area contributed by atoms with Crippen molar-refractivity contribution in [2.75, 3.05) is 103 Å². The molecule has 18 heteroatoms. The minimum absolute atomic E-state index is 0.0247. The van der Waals surface area contributed by atoms with Crippen LogP contribution in [-0.4, -0.2) is 168 Å². The molecule has 0 unspecified atom stereocenters. The van der Waals surface area contributed by atoms with Crippen molar-refractivity contribution in [2.24, 2.45) is 4.99 Å². The lowest BCUT2D eigenvalue weighted by Gasteiger charge is -2.37. The van der Waals surface area contributed by atoms with Crippen LogP contribution in [0.15, 0.2) is 84.2 Å². The molecule has 0 aliphatic carbocycles. The van der Waals surface area contributed by atoms with Crippen molar-refractivity contribution in [3.63, 3.8) is 0 Å². The van der Waals surface area contributed by atoms with Crippen LogP contribution in [0.2, 0.25) is 0 Å². The summed E-state index contributed by atoms with van der Waals surface area (Å²) in [6.45, 7) is 10.8. The number of nitrogens with one attached hydrogen (secondary N) is 3. The number of hydrogen-bond donors (Lipinski definition) is 3. The number of aliphatic imine (C=N–C) groups is 1. The minimum atomic E-state index is -4.51. The third-order valence-electron chi connectivity index (χ3n) is 15.1. The number of alkyl halides is 3. The molecule has 5 saturated heterocycles. The van der Waals surface area contributed by atoms with Crippen molar-refractivity contribution in [1.29, 1.82) is 0 Å². The molecule has 5 aromatic rings. The highest BCUT2D eigenvalue weighted by atomic mass is 19.4. The lowest BCUT2D eigenvalue weighted by molar-refractivity contribution is -0.136. The van der Waals surface area contributed by atoms with E-state index in [-0.39, 0.29) is 46.2 Å². The Morgan fingerprint density at radius 3 is 2.29 bits per heavy atom. The quantitative estimate of drug-likeness (QED) is 0.0898. The second-order valence-corrected chi connectivity index (χ2v) is 19.4. The number of benzene rings is 3. The van der Waals surface area contributed by atoms with Crippen LogP contribution in [0.3, 0.4) is 0 Å². The van der Waals surface area contributed by atoms with Crippen molar-refractivity contribution in [3.05, 3.63) is 102 Å². The number of nitrogens with zero attached hydrogens (tertiary/aromatic N) is 8. The van der Waals surface area contributed by atoms with E-state index in [1.165, 1.54) is 18.2 Å². The number of hydrogen-bond acceptors (Lipinski definition) is 10. The molecule has 370 valence electrons. The average molecular weight is 962 g/mol. The Morgan fingerprint density at radius 2 is 1.53 bits per heavy atom. The number of carbonyl (C=O) groups is 3. The summed E-state index contributed by atoms with van der Waals surface area (Å²) in [4.78, 5) is 67.5. The summed E-state index contributed by atoms with van der Waals surface area (Å²) in [5.41, 5.74) is 2.10. The first-order chi connectivity index (χ1) is 34.0. The summed E-state index contributed by atoms with van der Waals surface area (Å²) in [5, 5.41) is 7.96. The number of ether oxygens (including phenoxy) is 1. The van der Waals surface area contributed by atoms with Gasteiger partial charge < -0.3 is 35.1 Å². The summed E-state index contributed by atoms with van der Waals surface area (Å²) in [7, 11) is 0. The number of likely N-dealkylation sites (tertiary alicyclic amines) is 2. The Labute approximate surface area is 405 Å². The Hall–Kier alpha value is -6.11. The van der Waals surface area contributed by atoms with E-state index in [9.17, 15) is 27.6 Å². The van der Waals surface area contributed by atoms with Gasteiger partial charge in [-0.05, 0) is 97.5 Å². The van der Waals surface area contributed by atoms with Crippen LogP contribution in [0, 0.1) is 0 Å². The van der Waals surface area contributed by atoms with Gasteiger partial charge in [-0.2, -0.15) is 13.2 Å². The summed E-state index contributed by atoms with van der Waals surface area (Å²) >= 11 is 0. The number of aromatic nitrogens is 3. The number of amidine groups is 1. The average Bonchev–Trinajstić information content (AvgIpc) is 3.80. The zero-order valence-corrected chi connectivity index (χ0v) is 39.6. The first-order valence-corrected chi connectivity index (χ1v) is 25.0. The molecule has 0 saturated carbocycles. The van der Waals surface area contributed by atoms with Crippen LogP contribution < -0.4 is 15.5 Å². The molecular formula is C52H62F3N11O4. The lowest BCUT2D eigenvalue weighted by Crippen LogP contribution is -2.52. The molecule has 5 fully saturated rings. The predicted molar refractivity (Wildman–Crippen MR) is 262 cm³/mol. The molecule has 1 spiro atoms. The molecule has 5 aliphatic heterocycles. The van der Waals surface area contributed by atoms with Crippen molar-refractivity contribution in [3.8, 4) is 0 Å². The molecule has 3 aromatic carbocycles. The van der Waals surface area contributed by atoms with E-state index in [1.807, 2.05) is 41.4 Å². The van der Waals surface area contributed by atoms with E-state index in [2.05, 4.69) is 40.3 Å². The molecule has 0 radical (unpaired) electrons. The molecule has 10 rings (SSSR count). The Kier molecular flexibility index (Phi) is 14.1. The number of carbonyl (C=O) groups excluding carboxylic acids is 3. The largest absolute Gasteiger partial charge is 0.417 e. The fourth-order valence-corrected chi connectivity index (χ4v) is 10.9. The lowest BCUT2D eigenvalue weighted by atomic mass is 9.88. The second-order valence-electron chi connectivity index (χ2n) is 19.4. The highest BCUT2D eigenvalue weighted by Crippen LogP contribution is 2.38. The normalized spacial score (nSPS) is 20.1. The van der Waals surface area contributed by atoms with Crippen LogP contribution in [0.5, 0.6) is 0 Å². The number of anilines is 1. The predicted octanol–water partition coefficient (Wildman–Crippen LogP) is 5.94. The molecule has 15 nitrogen and oxygen atoms in total. The first kappa shape index (κ1) is 47.6. The van der Waals surface area contributed by atoms with E-state index in [0.717, 1.165) is 132 Å². The molecule has 3 N–H and O–H groups in total. The number of aromatic amines is 1. The van der Waals surface area contributed by atoms with Crippen molar-refractivity contribution < 1.29 is 32.3 Å². The molecular weight excluding hydrogens is 900 g/mol. The van der Waals surface area contributed by atoms with Gasteiger partial charge in [-0.3, -0.25) is 29.2 Å². The fraction of sp³-hybridized carbons (Fsp3) is 0.500. The first-order valence-electron chi connectivity index (χ1n) is 25.0. The van der Waals surface area contributed by atoms with E-state index in [1.54, 1.807) is 23.4 Å². The van der Waals surface area contributed by atoms with E-state index in [4.69, 9.17) is 9.73 Å².